The molecule has 0 aliphatic carbocycles. The highest BCUT2D eigenvalue weighted by molar-refractivity contribution is 5.95. The molecule has 0 bridgehead atoms. The molecule has 0 atom stereocenters. The van der Waals surface area contributed by atoms with Gasteiger partial charge in [-0.1, -0.05) is 30.3 Å². The van der Waals surface area contributed by atoms with Crippen LogP contribution in [0.3, 0.4) is 0 Å². The molecule has 1 heterocycles. The summed E-state index contributed by atoms with van der Waals surface area (Å²) in [6.45, 7) is 1.45. The third-order valence-electron chi connectivity index (χ3n) is 4.51. The molecule has 0 saturated heterocycles. The molecule has 3 aromatic rings. The Bertz CT molecular complexity index is 975. The monoisotopic (exact) mass is 406 g/mol. The Balaban J connectivity index is 1.63. The standard InChI is InChI=1S/C24H26N2O4/c1-28-15-13-25-24(27)20-8-4-7-19(17-20)22-10-5-11-23(26-22)30-14-12-18-6-3-9-21(16-18)29-2/h3-11,16-17H,12-15H2,1-2H3,(H,25,27). The first-order valence-corrected chi connectivity index (χ1v) is 9.80. The number of benzene rings is 2. The van der Waals surface area contributed by atoms with E-state index in [2.05, 4.69) is 10.3 Å². The van der Waals surface area contributed by atoms with Gasteiger partial charge in [0.15, 0.2) is 0 Å². The van der Waals surface area contributed by atoms with E-state index in [9.17, 15) is 4.79 Å². The third kappa shape index (κ3) is 6.06. The van der Waals surface area contributed by atoms with Crippen molar-refractivity contribution in [1.29, 1.82) is 0 Å². The molecule has 30 heavy (non-hydrogen) atoms. The van der Waals surface area contributed by atoms with Crippen molar-refractivity contribution in [2.45, 2.75) is 6.42 Å². The highest BCUT2D eigenvalue weighted by atomic mass is 16.5. The summed E-state index contributed by atoms with van der Waals surface area (Å²) in [6, 6.07) is 20.9. The SMILES string of the molecule is COCCNC(=O)c1cccc(-c2cccc(OCCc3cccc(OC)c3)n2)c1. The topological polar surface area (TPSA) is 69.7 Å². The van der Waals surface area contributed by atoms with Gasteiger partial charge < -0.3 is 19.5 Å². The normalized spacial score (nSPS) is 10.5. The highest BCUT2D eigenvalue weighted by Crippen LogP contribution is 2.21. The summed E-state index contributed by atoms with van der Waals surface area (Å²) in [5.74, 6) is 1.24. The molecule has 156 valence electrons. The summed E-state index contributed by atoms with van der Waals surface area (Å²) in [5.41, 5.74) is 3.32. The Kier molecular flexibility index (Phi) is 7.80. The number of aromatic nitrogens is 1. The van der Waals surface area contributed by atoms with Crippen LogP contribution in [0.4, 0.5) is 0 Å². The van der Waals surface area contributed by atoms with E-state index < -0.39 is 0 Å². The van der Waals surface area contributed by atoms with E-state index in [-0.39, 0.29) is 5.91 Å². The van der Waals surface area contributed by atoms with Crippen LogP contribution in [-0.4, -0.2) is 44.9 Å². The number of pyridine rings is 1. The quantitative estimate of drug-likeness (QED) is 0.519. The van der Waals surface area contributed by atoms with Crippen molar-refractivity contribution in [2.75, 3.05) is 34.0 Å². The number of rotatable bonds is 10. The predicted molar refractivity (Wildman–Crippen MR) is 116 cm³/mol. The lowest BCUT2D eigenvalue weighted by Gasteiger charge is -2.09. The Hall–Kier alpha value is -3.38. The van der Waals surface area contributed by atoms with Gasteiger partial charge in [-0.15, -0.1) is 0 Å². The summed E-state index contributed by atoms with van der Waals surface area (Å²) in [5, 5.41) is 2.82. The third-order valence-corrected chi connectivity index (χ3v) is 4.51. The summed E-state index contributed by atoms with van der Waals surface area (Å²) >= 11 is 0. The Morgan fingerprint density at radius 1 is 0.967 bits per heavy atom. The molecule has 0 aliphatic rings. The zero-order chi connectivity index (χ0) is 21.2. The predicted octanol–water partition coefficient (Wildman–Crippen LogP) is 3.75. The van der Waals surface area contributed by atoms with Crippen LogP contribution >= 0.6 is 0 Å². The largest absolute Gasteiger partial charge is 0.497 e. The molecule has 0 saturated carbocycles. The van der Waals surface area contributed by atoms with Crippen molar-refractivity contribution >= 4 is 5.91 Å². The maximum Gasteiger partial charge on any atom is 0.251 e. The molecule has 1 amide bonds. The number of ether oxygens (including phenoxy) is 3. The summed E-state index contributed by atoms with van der Waals surface area (Å²) in [6.07, 6.45) is 0.750. The van der Waals surface area contributed by atoms with Crippen LogP contribution in [0.25, 0.3) is 11.3 Å². The van der Waals surface area contributed by atoms with Crippen LogP contribution in [0.2, 0.25) is 0 Å². The molecule has 0 fully saturated rings. The van der Waals surface area contributed by atoms with Gasteiger partial charge in [-0.2, -0.15) is 0 Å². The molecule has 1 N–H and O–H groups in total. The lowest BCUT2D eigenvalue weighted by molar-refractivity contribution is 0.0937. The van der Waals surface area contributed by atoms with Crippen LogP contribution in [0.15, 0.2) is 66.7 Å². The van der Waals surface area contributed by atoms with Gasteiger partial charge in [0, 0.05) is 37.3 Å². The van der Waals surface area contributed by atoms with E-state index in [1.165, 1.54) is 0 Å². The minimum Gasteiger partial charge on any atom is -0.497 e. The first kappa shape index (κ1) is 21.3. The van der Waals surface area contributed by atoms with Crippen molar-refractivity contribution in [1.82, 2.24) is 10.3 Å². The molecule has 3 rings (SSSR count). The summed E-state index contributed by atoms with van der Waals surface area (Å²) < 4.78 is 16.1. The Morgan fingerprint density at radius 3 is 2.63 bits per heavy atom. The van der Waals surface area contributed by atoms with E-state index in [1.807, 2.05) is 60.7 Å². The van der Waals surface area contributed by atoms with E-state index in [0.29, 0.717) is 31.2 Å². The smallest absolute Gasteiger partial charge is 0.251 e. The zero-order valence-electron chi connectivity index (χ0n) is 17.3. The van der Waals surface area contributed by atoms with E-state index in [0.717, 1.165) is 29.0 Å². The number of methoxy groups -OCH3 is 2. The van der Waals surface area contributed by atoms with Crippen LogP contribution in [0.1, 0.15) is 15.9 Å². The van der Waals surface area contributed by atoms with Gasteiger partial charge in [0.05, 0.1) is 26.0 Å². The van der Waals surface area contributed by atoms with Gasteiger partial charge in [0.25, 0.3) is 5.91 Å². The van der Waals surface area contributed by atoms with Gasteiger partial charge in [0.2, 0.25) is 5.88 Å². The number of hydrogen-bond acceptors (Lipinski definition) is 5. The average Bonchev–Trinajstić information content (AvgIpc) is 2.79. The molecule has 6 heteroatoms. The van der Waals surface area contributed by atoms with Crippen LogP contribution in [0.5, 0.6) is 11.6 Å². The fourth-order valence-electron chi connectivity index (χ4n) is 2.95. The van der Waals surface area contributed by atoms with E-state index in [1.54, 1.807) is 20.3 Å². The molecule has 0 aliphatic heterocycles. The van der Waals surface area contributed by atoms with Gasteiger partial charge in [-0.05, 0) is 35.9 Å². The summed E-state index contributed by atoms with van der Waals surface area (Å²) in [7, 11) is 3.26. The lowest BCUT2D eigenvalue weighted by atomic mass is 10.1. The second-order valence-electron chi connectivity index (χ2n) is 6.64. The minimum atomic E-state index is -0.139. The molecule has 0 radical (unpaired) electrons. The van der Waals surface area contributed by atoms with E-state index >= 15 is 0 Å². The first-order valence-electron chi connectivity index (χ1n) is 9.80. The van der Waals surface area contributed by atoms with Gasteiger partial charge in [-0.25, -0.2) is 4.98 Å². The second kappa shape index (κ2) is 11.0. The number of nitrogens with one attached hydrogen (secondary N) is 1. The van der Waals surface area contributed by atoms with E-state index in [4.69, 9.17) is 14.2 Å². The number of hydrogen-bond donors (Lipinski definition) is 1. The van der Waals surface area contributed by atoms with Crippen molar-refractivity contribution in [2.24, 2.45) is 0 Å². The van der Waals surface area contributed by atoms with Gasteiger partial charge in [-0.3, -0.25) is 4.79 Å². The number of carbonyl (C=O) groups excluding carboxylic acids is 1. The number of carbonyl (C=O) groups is 1. The molecule has 0 unspecified atom stereocenters. The molecule has 6 nitrogen and oxygen atoms in total. The lowest BCUT2D eigenvalue weighted by Crippen LogP contribution is -2.26. The minimum absolute atomic E-state index is 0.139. The Morgan fingerprint density at radius 2 is 1.80 bits per heavy atom. The molecule has 1 aromatic heterocycles. The summed E-state index contributed by atoms with van der Waals surface area (Å²) in [4.78, 5) is 16.9. The van der Waals surface area contributed by atoms with Gasteiger partial charge >= 0.3 is 0 Å². The second-order valence-corrected chi connectivity index (χ2v) is 6.64. The molecular formula is C24H26N2O4. The van der Waals surface area contributed by atoms with Crippen molar-refractivity contribution in [3.8, 4) is 22.9 Å². The maximum atomic E-state index is 12.3. The highest BCUT2D eigenvalue weighted by Gasteiger charge is 2.08. The molecule has 2 aromatic carbocycles. The van der Waals surface area contributed by atoms with Crippen LogP contribution in [-0.2, 0) is 11.2 Å². The zero-order valence-corrected chi connectivity index (χ0v) is 17.3. The molecular weight excluding hydrogens is 380 g/mol. The first-order chi connectivity index (χ1) is 14.7. The maximum absolute atomic E-state index is 12.3. The van der Waals surface area contributed by atoms with Crippen molar-refractivity contribution in [3.63, 3.8) is 0 Å². The van der Waals surface area contributed by atoms with Crippen LogP contribution < -0.4 is 14.8 Å². The van der Waals surface area contributed by atoms with Crippen LogP contribution in [0, 0.1) is 0 Å². The van der Waals surface area contributed by atoms with Crippen molar-refractivity contribution in [3.05, 3.63) is 77.9 Å². The van der Waals surface area contributed by atoms with Gasteiger partial charge in [0.1, 0.15) is 5.75 Å². The molecule has 0 spiro atoms. The fourth-order valence-corrected chi connectivity index (χ4v) is 2.95. The average molecular weight is 406 g/mol. The Labute approximate surface area is 176 Å². The van der Waals surface area contributed by atoms with Crippen molar-refractivity contribution < 1.29 is 19.0 Å². The number of nitrogens with zero attached hydrogens (tertiary/aromatic N) is 1. The fraction of sp³-hybridized carbons (Fsp3) is 0.250. The number of amides is 1.